The lowest BCUT2D eigenvalue weighted by molar-refractivity contribution is -0.147. The number of carbonyl (C=O) groups is 1. The van der Waals surface area contributed by atoms with E-state index in [1.807, 2.05) is 63.2 Å². The van der Waals surface area contributed by atoms with Crippen molar-refractivity contribution in [2.24, 2.45) is 5.92 Å². The molecular formula is C15H24N2O2. The predicted molar refractivity (Wildman–Crippen MR) is 77.2 cm³/mol. The minimum Gasteiger partial charge on any atom is -0.480 e. The molecule has 0 aliphatic rings. The van der Waals surface area contributed by atoms with E-state index >= 15 is 0 Å². The van der Waals surface area contributed by atoms with Crippen LogP contribution in [0.25, 0.3) is 0 Å². The molecule has 1 aromatic carbocycles. The van der Waals surface area contributed by atoms with E-state index in [2.05, 4.69) is 5.32 Å². The fourth-order valence-corrected chi connectivity index (χ4v) is 2.26. The Bertz CT molecular complexity index is 404. The second-order valence-corrected chi connectivity index (χ2v) is 5.36. The van der Waals surface area contributed by atoms with Crippen LogP contribution in [0.5, 0.6) is 0 Å². The predicted octanol–water partition coefficient (Wildman–Crippen LogP) is 1.77. The van der Waals surface area contributed by atoms with Gasteiger partial charge in [0.25, 0.3) is 0 Å². The lowest BCUT2D eigenvalue weighted by Gasteiger charge is -2.35. The highest BCUT2D eigenvalue weighted by molar-refractivity contribution is 5.81. The van der Waals surface area contributed by atoms with Crippen LogP contribution in [0.3, 0.4) is 0 Å². The van der Waals surface area contributed by atoms with Crippen LogP contribution in [0, 0.1) is 5.92 Å². The Morgan fingerprint density at radius 1 is 1.32 bits per heavy atom. The number of hydrogen-bond donors (Lipinski definition) is 2. The Morgan fingerprint density at radius 3 is 2.32 bits per heavy atom. The highest BCUT2D eigenvalue weighted by atomic mass is 16.4. The third-order valence-corrected chi connectivity index (χ3v) is 3.40. The molecule has 4 nitrogen and oxygen atoms in total. The van der Waals surface area contributed by atoms with Crippen LogP contribution < -0.4 is 5.32 Å². The second-order valence-electron chi connectivity index (χ2n) is 5.36. The van der Waals surface area contributed by atoms with Gasteiger partial charge in [-0.15, -0.1) is 0 Å². The minimum absolute atomic E-state index is 0.0467. The zero-order chi connectivity index (χ0) is 14.5. The van der Waals surface area contributed by atoms with E-state index < -0.39 is 11.5 Å². The molecule has 4 heteroatoms. The third-order valence-electron chi connectivity index (χ3n) is 3.40. The van der Waals surface area contributed by atoms with Crippen LogP contribution in [0.1, 0.15) is 19.4 Å². The number of nitrogens with zero attached hydrogens (tertiary/aromatic N) is 1. The Morgan fingerprint density at radius 2 is 1.89 bits per heavy atom. The van der Waals surface area contributed by atoms with Crippen molar-refractivity contribution in [3.63, 3.8) is 0 Å². The summed E-state index contributed by atoms with van der Waals surface area (Å²) < 4.78 is 0. The van der Waals surface area contributed by atoms with Crippen LogP contribution in [0.4, 0.5) is 0 Å². The molecule has 0 aliphatic carbocycles. The van der Waals surface area contributed by atoms with Gasteiger partial charge in [0.1, 0.15) is 5.54 Å². The molecule has 0 spiro atoms. The quantitative estimate of drug-likeness (QED) is 0.788. The first-order valence-electron chi connectivity index (χ1n) is 6.60. The van der Waals surface area contributed by atoms with E-state index in [0.29, 0.717) is 6.54 Å². The average Bonchev–Trinajstić information content (AvgIpc) is 2.34. The van der Waals surface area contributed by atoms with Gasteiger partial charge >= 0.3 is 5.97 Å². The van der Waals surface area contributed by atoms with Crippen molar-refractivity contribution >= 4 is 5.97 Å². The molecule has 1 atom stereocenters. The highest BCUT2D eigenvalue weighted by Gasteiger charge is 2.42. The fourth-order valence-electron chi connectivity index (χ4n) is 2.26. The summed E-state index contributed by atoms with van der Waals surface area (Å²) >= 11 is 0. The maximum Gasteiger partial charge on any atom is 0.328 e. The molecule has 0 aromatic heterocycles. The van der Waals surface area contributed by atoms with Gasteiger partial charge in [-0.25, -0.2) is 4.79 Å². The summed E-state index contributed by atoms with van der Waals surface area (Å²) in [5, 5.41) is 13.0. The fraction of sp³-hybridized carbons (Fsp3) is 0.533. The van der Waals surface area contributed by atoms with Gasteiger partial charge in [0, 0.05) is 13.1 Å². The van der Waals surface area contributed by atoms with E-state index in [0.717, 1.165) is 12.1 Å². The first kappa shape index (κ1) is 15.7. The Labute approximate surface area is 115 Å². The number of benzene rings is 1. The van der Waals surface area contributed by atoms with Crippen molar-refractivity contribution in [1.29, 1.82) is 0 Å². The van der Waals surface area contributed by atoms with Crippen LogP contribution in [0.2, 0.25) is 0 Å². The number of carboxylic acids is 1. The van der Waals surface area contributed by atoms with E-state index in [9.17, 15) is 9.90 Å². The molecule has 0 bridgehead atoms. The summed E-state index contributed by atoms with van der Waals surface area (Å²) in [5.41, 5.74) is -0.228. The van der Waals surface area contributed by atoms with Crippen molar-refractivity contribution in [3.05, 3.63) is 35.9 Å². The standard InChI is InChI=1S/C15H24N2O2/c1-12(2)15(14(18)19,16-10-11-17(3)4)13-8-6-5-7-9-13/h5-9,12,16H,10-11H2,1-4H3,(H,18,19). The van der Waals surface area contributed by atoms with Crippen LogP contribution in [0.15, 0.2) is 30.3 Å². The lowest BCUT2D eigenvalue weighted by Crippen LogP contribution is -2.54. The van der Waals surface area contributed by atoms with Crippen LogP contribution >= 0.6 is 0 Å². The van der Waals surface area contributed by atoms with Gasteiger partial charge in [-0.3, -0.25) is 5.32 Å². The molecule has 0 heterocycles. The molecule has 1 unspecified atom stereocenters. The molecule has 106 valence electrons. The summed E-state index contributed by atoms with van der Waals surface area (Å²) in [4.78, 5) is 13.9. The first-order chi connectivity index (χ1) is 8.91. The lowest BCUT2D eigenvalue weighted by atomic mass is 9.79. The van der Waals surface area contributed by atoms with Crippen molar-refractivity contribution in [1.82, 2.24) is 10.2 Å². The van der Waals surface area contributed by atoms with Gasteiger partial charge in [-0.05, 0) is 25.6 Å². The number of nitrogens with one attached hydrogen (secondary N) is 1. The molecule has 0 aliphatic heterocycles. The number of aliphatic carboxylic acids is 1. The molecule has 2 N–H and O–H groups in total. The maximum atomic E-state index is 11.9. The molecule has 1 rings (SSSR count). The van der Waals surface area contributed by atoms with Crippen molar-refractivity contribution < 1.29 is 9.90 Å². The third kappa shape index (κ3) is 3.55. The first-order valence-corrected chi connectivity index (χ1v) is 6.60. The van der Waals surface area contributed by atoms with Gasteiger partial charge in [-0.2, -0.15) is 0 Å². The minimum atomic E-state index is -1.03. The summed E-state index contributed by atoms with van der Waals surface area (Å²) in [5.74, 6) is -0.873. The zero-order valence-corrected chi connectivity index (χ0v) is 12.2. The number of rotatable bonds is 7. The van der Waals surface area contributed by atoms with E-state index in [4.69, 9.17) is 0 Å². The van der Waals surface area contributed by atoms with Crippen LogP contribution in [-0.2, 0) is 10.3 Å². The van der Waals surface area contributed by atoms with Crippen LogP contribution in [-0.4, -0.2) is 43.2 Å². The molecule has 0 radical (unpaired) electrons. The molecule has 0 saturated carbocycles. The number of hydrogen-bond acceptors (Lipinski definition) is 3. The summed E-state index contributed by atoms with van der Waals surface area (Å²) in [6.45, 7) is 5.30. The molecule has 0 fully saturated rings. The Kier molecular flexibility index (Phi) is 5.51. The molecule has 1 aromatic rings. The van der Waals surface area contributed by atoms with Gasteiger partial charge < -0.3 is 10.0 Å². The van der Waals surface area contributed by atoms with E-state index in [1.165, 1.54) is 0 Å². The highest BCUT2D eigenvalue weighted by Crippen LogP contribution is 2.29. The van der Waals surface area contributed by atoms with Crippen molar-refractivity contribution in [2.75, 3.05) is 27.2 Å². The smallest absolute Gasteiger partial charge is 0.328 e. The number of likely N-dealkylation sites (N-methyl/N-ethyl adjacent to an activating group) is 1. The summed E-state index contributed by atoms with van der Waals surface area (Å²) in [7, 11) is 3.95. The Balaban J connectivity index is 3.05. The molecule has 0 amide bonds. The van der Waals surface area contributed by atoms with Gasteiger partial charge in [0.15, 0.2) is 0 Å². The number of carboxylic acid groups (broad SMARTS) is 1. The topological polar surface area (TPSA) is 52.6 Å². The van der Waals surface area contributed by atoms with E-state index in [1.54, 1.807) is 0 Å². The Hall–Kier alpha value is -1.39. The van der Waals surface area contributed by atoms with Crippen molar-refractivity contribution in [3.8, 4) is 0 Å². The average molecular weight is 264 g/mol. The van der Waals surface area contributed by atoms with Gasteiger partial charge in [0.05, 0.1) is 0 Å². The van der Waals surface area contributed by atoms with E-state index in [-0.39, 0.29) is 5.92 Å². The largest absolute Gasteiger partial charge is 0.480 e. The summed E-state index contributed by atoms with van der Waals surface area (Å²) in [6, 6.07) is 9.40. The maximum absolute atomic E-state index is 11.9. The zero-order valence-electron chi connectivity index (χ0n) is 12.2. The van der Waals surface area contributed by atoms with Crippen molar-refractivity contribution in [2.45, 2.75) is 19.4 Å². The monoisotopic (exact) mass is 264 g/mol. The summed E-state index contributed by atoms with van der Waals surface area (Å²) in [6.07, 6.45) is 0. The second kappa shape index (κ2) is 6.68. The normalized spacial score (nSPS) is 14.6. The molecule has 0 saturated heterocycles. The molecular weight excluding hydrogens is 240 g/mol. The SMILES string of the molecule is CC(C)C(NCCN(C)C)(C(=O)O)c1ccccc1. The van der Waals surface area contributed by atoms with Gasteiger partial charge in [-0.1, -0.05) is 44.2 Å². The van der Waals surface area contributed by atoms with Gasteiger partial charge in [0.2, 0.25) is 0 Å². The molecule has 19 heavy (non-hydrogen) atoms.